The molecule has 1 rings (SSSR count). The van der Waals surface area contributed by atoms with Gasteiger partial charge in [0.25, 0.3) is 0 Å². The van der Waals surface area contributed by atoms with Gasteiger partial charge in [0, 0.05) is 5.25 Å². The van der Waals surface area contributed by atoms with Crippen molar-refractivity contribution in [2.75, 3.05) is 0 Å². The van der Waals surface area contributed by atoms with Crippen molar-refractivity contribution in [3.8, 4) is 0 Å². The maximum atomic E-state index is 3.91. The molecule has 0 aliphatic heterocycles. The minimum Gasteiger partial charge on any atom is -0.124 e. The molecule has 1 atom stereocenters. The van der Waals surface area contributed by atoms with Crippen LogP contribution in [0.4, 0.5) is 0 Å². The lowest BCUT2D eigenvalue weighted by molar-refractivity contribution is 1.08. The van der Waals surface area contributed by atoms with Crippen molar-refractivity contribution < 1.29 is 0 Å². The van der Waals surface area contributed by atoms with Gasteiger partial charge >= 0.3 is 0 Å². The highest BCUT2D eigenvalue weighted by atomic mass is 32.2. The number of rotatable bonds is 3. The van der Waals surface area contributed by atoms with Crippen LogP contribution in [0.3, 0.4) is 0 Å². The first-order valence-electron chi connectivity index (χ1n) is 4.49. The smallest absolute Gasteiger partial charge is 0.0315 e. The van der Waals surface area contributed by atoms with Gasteiger partial charge in [0.15, 0.2) is 0 Å². The van der Waals surface area contributed by atoms with E-state index in [1.807, 2.05) is 11.8 Å². The molecule has 0 aliphatic carbocycles. The quantitative estimate of drug-likeness (QED) is 0.687. The molecule has 0 N–H and O–H groups in total. The Bertz CT molecular complexity index is 302. The Hall–Kier alpha value is -0.690. The van der Waals surface area contributed by atoms with E-state index in [0.29, 0.717) is 5.25 Å². The summed E-state index contributed by atoms with van der Waals surface area (Å²) in [6.45, 7) is 10.3. The Morgan fingerprint density at radius 1 is 1.38 bits per heavy atom. The van der Waals surface area contributed by atoms with Gasteiger partial charge in [-0.3, -0.25) is 0 Å². The first-order valence-corrected chi connectivity index (χ1v) is 5.37. The number of hydrogen-bond acceptors (Lipinski definition) is 1. The minimum absolute atomic E-state index is 0.513. The van der Waals surface area contributed by atoms with Crippen molar-refractivity contribution in [3.05, 3.63) is 46.9 Å². The number of aryl methyl sites for hydroxylation is 1. The van der Waals surface area contributed by atoms with Crippen molar-refractivity contribution in [1.29, 1.82) is 0 Å². The van der Waals surface area contributed by atoms with Crippen LogP contribution >= 0.6 is 11.8 Å². The summed E-state index contributed by atoms with van der Waals surface area (Å²) < 4.78 is 0. The molecule has 0 aliphatic rings. The normalized spacial score (nSPS) is 12.5. The number of allylic oxidation sites excluding steroid dienone is 1. The van der Waals surface area contributed by atoms with Crippen LogP contribution in [0.1, 0.15) is 30.2 Å². The van der Waals surface area contributed by atoms with Crippen LogP contribution in [0.5, 0.6) is 0 Å². The Labute approximate surface area is 85.1 Å². The molecule has 1 heteroatoms. The summed E-state index contributed by atoms with van der Waals surface area (Å²) in [6, 6.07) is 8.52. The van der Waals surface area contributed by atoms with Gasteiger partial charge in [0.2, 0.25) is 0 Å². The predicted octanol–water partition coefficient (Wildman–Crippen LogP) is 4.32. The molecule has 0 spiro atoms. The van der Waals surface area contributed by atoms with Crippen molar-refractivity contribution in [1.82, 2.24) is 0 Å². The van der Waals surface area contributed by atoms with Crippen LogP contribution in [-0.2, 0) is 0 Å². The molecular formula is C12H16S. The zero-order valence-corrected chi connectivity index (χ0v) is 9.32. The molecule has 0 radical (unpaired) electrons. The predicted molar refractivity (Wildman–Crippen MR) is 62.0 cm³/mol. The average molecular weight is 192 g/mol. The second kappa shape index (κ2) is 4.52. The Balaban J connectivity index is 2.82. The van der Waals surface area contributed by atoms with E-state index in [2.05, 4.69) is 51.6 Å². The monoisotopic (exact) mass is 192 g/mol. The highest BCUT2D eigenvalue weighted by Crippen LogP contribution is 2.34. The molecule has 0 nitrogen and oxygen atoms in total. The van der Waals surface area contributed by atoms with Crippen LogP contribution in [-0.4, -0.2) is 0 Å². The topological polar surface area (TPSA) is 0 Å². The second-order valence-electron chi connectivity index (χ2n) is 3.32. The van der Waals surface area contributed by atoms with Crippen LogP contribution in [0, 0.1) is 6.92 Å². The summed E-state index contributed by atoms with van der Waals surface area (Å²) in [4.78, 5) is 1.18. The molecule has 0 heterocycles. The van der Waals surface area contributed by atoms with Crippen molar-refractivity contribution in [2.45, 2.75) is 26.0 Å². The lowest BCUT2D eigenvalue weighted by Crippen LogP contribution is -1.91. The standard InChI is InChI=1S/C12H16S/c1-9(2)13-11(4)12-8-6-5-7-10(12)3/h5-8,11H,1H2,2-4H3. The fourth-order valence-electron chi connectivity index (χ4n) is 1.41. The largest absolute Gasteiger partial charge is 0.124 e. The first kappa shape index (κ1) is 10.4. The van der Waals surface area contributed by atoms with Crippen LogP contribution in [0.2, 0.25) is 0 Å². The van der Waals surface area contributed by atoms with Gasteiger partial charge in [-0.2, -0.15) is 0 Å². The van der Waals surface area contributed by atoms with Gasteiger partial charge in [-0.25, -0.2) is 0 Å². The molecule has 1 aromatic rings. The van der Waals surface area contributed by atoms with Gasteiger partial charge in [-0.15, -0.1) is 11.8 Å². The Morgan fingerprint density at radius 3 is 2.54 bits per heavy atom. The van der Waals surface area contributed by atoms with Crippen LogP contribution in [0.25, 0.3) is 0 Å². The van der Waals surface area contributed by atoms with E-state index in [9.17, 15) is 0 Å². The molecule has 0 aromatic heterocycles. The fraction of sp³-hybridized carbons (Fsp3) is 0.333. The van der Waals surface area contributed by atoms with Gasteiger partial charge in [0.1, 0.15) is 0 Å². The fourth-order valence-corrected chi connectivity index (χ4v) is 2.40. The van der Waals surface area contributed by atoms with Gasteiger partial charge < -0.3 is 0 Å². The molecule has 0 bridgehead atoms. The molecule has 0 saturated heterocycles. The number of hydrogen-bond donors (Lipinski definition) is 0. The first-order chi connectivity index (χ1) is 6.11. The minimum atomic E-state index is 0.513. The zero-order valence-electron chi connectivity index (χ0n) is 8.50. The summed E-state index contributed by atoms with van der Waals surface area (Å²) >= 11 is 1.83. The van der Waals surface area contributed by atoms with Gasteiger partial charge in [-0.05, 0) is 36.8 Å². The molecular weight excluding hydrogens is 176 g/mol. The third-order valence-corrected chi connectivity index (χ3v) is 3.01. The van der Waals surface area contributed by atoms with Gasteiger partial charge in [-0.1, -0.05) is 30.8 Å². The summed E-state index contributed by atoms with van der Waals surface area (Å²) in [5.41, 5.74) is 2.78. The van der Waals surface area contributed by atoms with Crippen molar-refractivity contribution >= 4 is 11.8 Å². The van der Waals surface area contributed by atoms with E-state index < -0.39 is 0 Å². The van der Waals surface area contributed by atoms with Crippen LogP contribution < -0.4 is 0 Å². The summed E-state index contributed by atoms with van der Waals surface area (Å²) in [6.07, 6.45) is 0. The second-order valence-corrected chi connectivity index (χ2v) is 4.96. The maximum Gasteiger partial charge on any atom is 0.0315 e. The van der Waals surface area contributed by atoms with E-state index in [0.717, 1.165) is 0 Å². The SMILES string of the molecule is C=C(C)SC(C)c1ccccc1C. The number of thioether (sulfide) groups is 1. The molecule has 13 heavy (non-hydrogen) atoms. The summed E-state index contributed by atoms with van der Waals surface area (Å²) in [5, 5.41) is 0.513. The van der Waals surface area contributed by atoms with Gasteiger partial charge in [0.05, 0.1) is 0 Å². The molecule has 0 fully saturated rings. The highest BCUT2D eigenvalue weighted by molar-refractivity contribution is 8.03. The summed E-state index contributed by atoms with van der Waals surface area (Å²) in [7, 11) is 0. The van der Waals surface area contributed by atoms with E-state index >= 15 is 0 Å². The maximum absolute atomic E-state index is 3.91. The van der Waals surface area contributed by atoms with E-state index in [-0.39, 0.29) is 0 Å². The Morgan fingerprint density at radius 2 is 2.00 bits per heavy atom. The van der Waals surface area contributed by atoms with Crippen molar-refractivity contribution in [2.24, 2.45) is 0 Å². The zero-order chi connectivity index (χ0) is 9.84. The van der Waals surface area contributed by atoms with E-state index in [1.165, 1.54) is 16.0 Å². The van der Waals surface area contributed by atoms with Crippen molar-refractivity contribution in [3.63, 3.8) is 0 Å². The number of benzene rings is 1. The molecule has 0 saturated carbocycles. The molecule has 1 aromatic carbocycles. The third kappa shape index (κ3) is 2.92. The highest BCUT2D eigenvalue weighted by Gasteiger charge is 2.07. The Kier molecular flexibility index (Phi) is 3.61. The third-order valence-electron chi connectivity index (χ3n) is 2.00. The van der Waals surface area contributed by atoms with Crippen LogP contribution in [0.15, 0.2) is 35.7 Å². The molecule has 70 valence electrons. The van der Waals surface area contributed by atoms with E-state index in [4.69, 9.17) is 0 Å². The van der Waals surface area contributed by atoms with E-state index in [1.54, 1.807) is 0 Å². The lowest BCUT2D eigenvalue weighted by Gasteiger charge is -2.13. The summed E-state index contributed by atoms with van der Waals surface area (Å²) in [5.74, 6) is 0. The molecule has 1 unspecified atom stereocenters. The lowest BCUT2D eigenvalue weighted by atomic mass is 10.1. The molecule has 0 amide bonds. The average Bonchev–Trinajstić information content (AvgIpc) is 2.03.